The number of carbonyl (C=O) groups is 2. The number of amides is 2. The van der Waals surface area contributed by atoms with Gasteiger partial charge in [0, 0.05) is 36.1 Å². The Hall–Kier alpha value is -2.68. The van der Waals surface area contributed by atoms with E-state index in [0.29, 0.717) is 13.1 Å². The third kappa shape index (κ3) is 8.16. The molecule has 7 nitrogen and oxygen atoms in total. The number of terminal acetylenes is 1. The summed E-state index contributed by atoms with van der Waals surface area (Å²) in [6, 6.07) is 10.5. The average Bonchev–Trinajstić information content (AvgIpc) is 3.24. The minimum absolute atomic E-state index is 0. The lowest BCUT2D eigenvalue weighted by Crippen LogP contribution is -2.44. The Kier molecular flexibility index (Phi) is 13.2. The SMILES string of the molecule is C.C.C#CCNC(=O)C(C#N)C1SC(CNc2cccc(CCN3CCC4CCCC[C@@H]4C3)c2)C(=O)N1CC.[HH].[HH].[HH]. The smallest absolute Gasteiger partial charge is 0.241 e. The topological polar surface area (TPSA) is 88.5 Å². The summed E-state index contributed by atoms with van der Waals surface area (Å²) >= 11 is 1.38. The molecule has 0 bridgehead atoms. The minimum atomic E-state index is -0.964. The molecule has 1 aromatic carbocycles. The summed E-state index contributed by atoms with van der Waals surface area (Å²) in [4.78, 5) is 29.8. The van der Waals surface area contributed by atoms with Crippen LogP contribution in [0.4, 0.5) is 5.69 Å². The second kappa shape index (κ2) is 15.8. The lowest BCUT2D eigenvalue weighted by Gasteiger charge is -2.41. The van der Waals surface area contributed by atoms with Gasteiger partial charge in [-0.15, -0.1) is 18.2 Å². The van der Waals surface area contributed by atoms with Crippen molar-refractivity contribution in [1.29, 1.82) is 5.26 Å². The molecule has 2 amide bonds. The monoisotopic (exact) mass is 559 g/mol. The molecule has 4 unspecified atom stereocenters. The van der Waals surface area contributed by atoms with E-state index in [1.165, 1.54) is 62.5 Å². The van der Waals surface area contributed by atoms with Gasteiger partial charge in [0.1, 0.15) is 10.6 Å². The number of piperidine rings is 1. The highest BCUT2D eigenvalue weighted by atomic mass is 32.2. The number of nitrogens with zero attached hydrogens (tertiary/aromatic N) is 3. The van der Waals surface area contributed by atoms with Gasteiger partial charge in [0.15, 0.2) is 5.92 Å². The molecular formula is C31H53N5O2S. The summed E-state index contributed by atoms with van der Waals surface area (Å²) in [5.41, 5.74) is 2.29. The first kappa shape index (κ1) is 32.5. The molecule has 1 aliphatic carbocycles. The number of rotatable bonds is 10. The van der Waals surface area contributed by atoms with E-state index in [4.69, 9.17) is 6.42 Å². The zero-order valence-electron chi connectivity index (χ0n) is 21.8. The van der Waals surface area contributed by atoms with E-state index in [1.54, 1.807) is 4.90 Å². The molecule has 2 saturated heterocycles. The second-order valence-corrected chi connectivity index (χ2v) is 11.7. The van der Waals surface area contributed by atoms with E-state index in [9.17, 15) is 14.9 Å². The van der Waals surface area contributed by atoms with E-state index in [-0.39, 0.29) is 36.8 Å². The normalized spacial score (nSPS) is 25.2. The molecular weight excluding hydrogens is 506 g/mol. The van der Waals surface area contributed by atoms with E-state index >= 15 is 0 Å². The van der Waals surface area contributed by atoms with Gasteiger partial charge in [0.25, 0.3) is 0 Å². The molecule has 3 fully saturated rings. The number of benzene rings is 1. The van der Waals surface area contributed by atoms with Gasteiger partial charge in [0.05, 0.1) is 12.6 Å². The lowest BCUT2D eigenvalue weighted by atomic mass is 9.75. The van der Waals surface area contributed by atoms with Crippen molar-refractivity contribution in [2.45, 2.75) is 70.9 Å². The number of hydrogen-bond donors (Lipinski definition) is 2. The Bertz CT molecular complexity index is 1050. The Morgan fingerprint density at radius 1 is 1.26 bits per heavy atom. The van der Waals surface area contributed by atoms with Gasteiger partial charge in [-0.3, -0.25) is 9.59 Å². The molecule has 8 heteroatoms. The Balaban J connectivity index is 0. The van der Waals surface area contributed by atoms with Crippen molar-refractivity contribution in [2.24, 2.45) is 17.8 Å². The van der Waals surface area contributed by atoms with Crippen molar-refractivity contribution in [1.82, 2.24) is 15.1 Å². The predicted molar refractivity (Wildman–Crippen MR) is 168 cm³/mol. The molecule has 2 N–H and O–H groups in total. The molecule has 0 spiro atoms. The number of hydrogen-bond acceptors (Lipinski definition) is 6. The van der Waals surface area contributed by atoms with Gasteiger partial charge < -0.3 is 20.4 Å². The molecule has 5 atom stereocenters. The molecule has 39 heavy (non-hydrogen) atoms. The summed E-state index contributed by atoms with van der Waals surface area (Å²) in [5, 5.41) is 14.8. The van der Waals surface area contributed by atoms with Gasteiger partial charge in [-0.25, -0.2) is 0 Å². The van der Waals surface area contributed by atoms with Gasteiger partial charge in [-0.2, -0.15) is 5.26 Å². The maximum atomic E-state index is 13.1. The fraction of sp³-hybridized carbons (Fsp3) is 0.645. The molecule has 220 valence electrons. The van der Waals surface area contributed by atoms with Crippen LogP contribution < -0.4 is 10.6 Å². The number of carbonyl (C=O) groups excluding carboxylic acids is 2. The lowest BCUT2D eigenvalue weighted by molar-refractivity contribution is -0.131. The summed E-state index contributed by atoms with van der Waals surface area (Å²) < 4.78 is 0. The van der Waals surface area contributed by atoms with E-state index in [2.05, 4.69) is 45.7 Å². The van der Waals surface area contributed by atoms with Crippen LogP contribution in [0, 0.1) is 41.4 Å². The molecule has 1 saturated carbocycles. The largest absolute Gasteiger partial charge is 0.383 e. The summed E-state index contributed by atoms with van der Waals surface area (Å²) in [7, 11) is 0. The Morgan fingerprint density at radius 3 is 2.74 bits per heavy atom. The van der Waals surface area contributed by atoms with Crippen molar-refractivity contribution in [3.8, 4) is 18.4 Å². The average molecular weight is 560 g/mol. The van der Waals surface area contributed by atoms with Crippen molar-refractivity contribution in [3.63, 3.8) is 0 Å². The summed E-state index contributed by atoms with van der Waals surface area (Å²) in [6.07, 6.45) is 13.3. The highest BCUT2D eigenvalue weighted by Crippen LogP contribution is 2.37. The van der Waals surface area contributed by atoms with Crippen molar-refractivity contribution in [3.05, 3.63) is 29.8 Å². The summed E-state index contributed by atoms with van der Waals surface area (Å²) in [6.45, 7) is 6.39. The minimum Gasteiger partial charge on any atom is -0.383 e. The molecule has 0 radical (unpaired) electrons. The quantitative estimate of drug-likeness (QED) is 0.376. The van der Waals surface area contributed by atoms with Crippen LogP contribution in [0.15, 0.2) is 24.3 Å². The van der Waals surface area contributed by atoms with Crippen LogP contribution >= 0.6 is 11.8 Å². The van der Waals surface area contributed by atoms with Gasteiger partial charge in [-0.05, 0) is 62.3 Å². The standard InChI is InChI=1S/C29H39N5O2S.2CH4.3H2/c1-3-14-31-27(35)25(18-30)29-34(4-2)28(36)26(37-29)19-32-24-11-7-8-21(17-24)12-15-33-16-13-22-9-5-6-10-23(22)20-33;;;;;/h1,7-8,11,17,22-23,25-26,29,32H,4-6,9-10,12-16,19-20H2,2H3,(H,31,35);2*1H4;3*1H/t22?,23-,25?,26?,29?;;;;;/m1...../s1. The van der Waals surface area contributed by atoms with Gasteiger partial charge in [0.2, 0.25) is 11.8 Å². The fourth-order valence-corrected chi connectivity index (χ4v) is 7.56. The second-order valence-electron chi connectivity index (χ2n) is 10.4. The van der Waals surface area contributed by atoms with E-state index in [1.807, 2.05) is 13.0 Å². The van der Waals surface area contributed by atoms with Crippen LogP contribution in [-0.4, -0.2) is 71.5 Å². The van der Waals surface area contributed by atoms with Crippen molar-refractivity contribution in [2.75, 3.05) is 44.6 Å². The van der Waals surface area contributed by atoms with Crippen LogP contribution in [0.5, 0.6) is 0 Å². The first-order valence-corrected chi connectivity index (χ1v) is 14.6. The van der Waals surface area contributed by atoms with E-state index < -0.39 is 17.2 Å². The number of nitriles is 1. The number of fused-ring (bicyclic) bond motifs is 1. The van der Waals surface area contributed by atoms with Crippen LogP contribution in [0.1, 0.15) is 63.7 Å². The van der Waals surface area contributed by atoms with Crippen molar-refractivity contribution >= 4 is 29.3 Å². The maximum Gasteiger partial charge on any atom is 0.241 e. The highest BCUT2D eigenvalue weighted by molar-refractivity contribution is 8.01. The van der Waals surface area contributed by atoms with E-state index in [0.717, 1.165) is 30.5 Å². The third-order valence-corrected chi connectivity index (χ3v) is 9.59. The predicted octanol–water partition coefficient (Wildman–Crippen LogP) is 5.34. The molecule has 2 heterocycles. The Morgan fingerprint density at radius 2 is 2.03 bits per heavy atom. The maximum absolute atomic E-state index is 13.1. The van der Waals surface area contributed by atoms with Gasteiger partial charge >= 0.3 is 0 Å². The first-order chi connectivity index (χ1) is 18.0. The number of thioether (sulfide) groups is 1. The zero-order chi connectivity index (χ0) is 26.2. The molecule has 0 aromatic heterocycles. The number of anilines is 1. The molecule has 3 aliphatic rings. The van der Waals surface area contributed by atoms with Crippen LogP contribution in [0.2, 0.25) is 0 Å². The number of likely N-dealkylation sites (tertiary alicyclic amines) is 1. The van der Waals surface area contributed by atoms with Gasteiger partial charge in [-0.1, -0.05) is 52.2 Å². The van der Waals surface area contributed by atoms with Crippen LogP contribution in [-0.2, 0) is 16.0 Å². The third-order valence-electron chi connectivity index (χ3n) is 8.09. The molecule has 2 aliphatic heterocycles. The molecule has 1 aromatic rings. The van der Waals surface area contributed by atoms with Crippen LogP contribution in [0.3, 0.4) is 0 Å². The Labute approximate surface area is 244 Å². The fourth-order valence-electron chi connectivity index (χ4n) is 6.05. The highest BCUT2D eigenvalue weighted by Gasteiger charge is 2.45. The molecule has 4 rings (SSSR count). The summed E-state index contributed by atoms with van der Waals surface area (Å²) in [5.74, 6) is 2.76. The van der Waals surface area contributed by atoms with Crippen molar-refractivity contribution < 1.29 is 13.9 Å². The first-order valence-electron chi connectivity index (χ1n) is 13.7. The zero-order valence-corrected chi connectivity index (χ0v) is 22.6. The van der Waals surface area contributed by atoms with Crippen LogP contribution in [0.25, 0.3) is 0 Å². The number of nitrogens with one attached hydrogen (secondary N) is 2.